The van der Waals surface area contributed by atoms with Gasteiger partial charge in [-0.3, -0.25) is 0 Å². The molecule has 0 bridgehead atoms. The monoisotopic (exact) mass is 1190 g/mol. The van der Waals surface area contributed by atoms with Crippen molar-refractivity contribution in [3.63, 3.8) is 0 Å². The summed E-state index contributed by atoms with van der Waals surface area (Å²) in [5.74, 6) is 0. The van der Waals surface area contributed by atoms with Gasteiger partial charge in [-0.1, -0.05) is 214 Å². The fourth-order valence-corrected chi connectivity index (χ4v) is 11.8. The number of aromatic nitrogens is 1. The molecule has 383 valence electrons. The van der Waals surface area contributed by atoms with Gasteiger partial charge in [-0.05, 0) is 85.1 Å². The molecule has 0 amide bonds. The van der Waals surface area contributed by atoms with Crippen molar-refractivity contribution >= 4 is 23.5 Å². The van der Waals surface area contributed by atoms with E-state index in [1.165, 1.54) is 22.5 Å². The molecule has 0 saturated carbocycles. The van der Waals surface area contributed by atoms with Gasteiger partial charge in [-0.2, -0.15) is 36.4 Å². The molecule has 9 aromatic carbocycles. The zero-order valence-electron chi connectivity index (χ0n) is 44.4. The van der Waals surface area contributed by atoms with E-state index >= 15 is 0 Å². The first-order chi connectivity index (χ1) is 38.1. The van der Waals surface area contributed by atoms with E-state index in [9.17, 15) is 0 Å². The minimum atomic E-state index is -0.0237. The maximum absolute atomic E-state index is 5.12. The van der Waals surface area contributed by atoms with Gasteiger partial charge in [0.25, 0.3) is 0 Å². The predicted octanol–water partition coefficient (Wildman–Crippen LogP) is 19.3. The van der Waals surface area contributed by atoms with Crippen LogP contribution in [0.5, 0.6) is 0 Å². The van der Waals surface area contributed by atoms with Crippen molar-refractivity contribution < 1.29 is 20.1 Å². The van der Waals surface area contributed by atoms with Crippen LogP contribution in [-0.2, 0) is 20.1 Å². The summed E-state index contributed by atoms with van der Waals surface area (Å²) in [6.07, 6.45) is 15.6. The van der Waals surface area contributed by atoms with Crippen LogP contribution in [0.1, 0.15) is 38.8 Å². The summed E-state index contributed by atoms with van der Waals surface area (Å²) in [6, 6.07) is 83.3. The minimum Gasteiger partial charge on any atom is -0.514 e. The summed E-state index contributed by atoms with van der Waals surface area (Å²) in [4.78, 5) is 9.70. The molecule has 79 heavy (non-hydrogen) atoms. The molecule has 5 heterocycles. The molecule has 4 heteroatoms. The summed E-state index contributed by atoms with van der Waals surface area (Å²) >= 11 is 0. The molecule has 0 spiro atoms. The number of nitrogens with zero attached hydrogens (tertiary/aromatic N) is 3. The van der Waals surface area contributed by atoms with Crippen LogP contribution in [0.2, 0.25) is 0 Å². The van der Waals surface area contributed by atoms with Gasteiger partial charge < -0.3 is 14.8 Å². The molecule has 0 N–H and O–H groups in total. The van der Waals surface area contributed by atoms with Crippen molar-refractivity contribution in [2.75, 3.05) is 9.80 Å². The molecule has 0 atom stereocenters. The Morgan fingerprint density at radius 1 is 0.380 bits per heavy atom. The molecule has 10 aromatic rings. The Bertz CT molecular complexity index is 3980. The summed E-state index contributed by atoms with van der Waals surface area (Å²) in [5, 5.41) is 0. The second-order valence-electron chi connectivity index (χ2n) is 22.1. The van der Waals surface area contributed by atoms with E-state index < -0.39 is 0 Å². The number of fused-ring (bicyclic) bond motifs is 6. The summed E-state index contributed by atoms with van der Waals surface area (Å²) in [6.45, 7) is 13.6. The van der Waals surface area contributed by atoms with Gasteiger partial charge in [0, 0.05) is 37.7 Å². The number of rotatable bonds is 9. The van der Waals surface area contributed by atoms with Crippen molar-refractivity contribution in [1.29, 1.82) is 0 Å². The van der Waals surface area contributed by atoms with E-state index in [1.54, 1.807) is 0 Å². The fraction of sp³-hybridized carbons (Fsp3) is 0.0800. The molecule has 1 radical (unpaired) electrons. The number of hydrogen-bond acceptors (Lipinski definition) is 3. The number of benzene rings is 9. The maximum Gasteiger partial charge on any atom is 0.0239 e. The van der Waals surface area contributed by atoms with Gasteiger partial charge in [0.2, 0.25) is 0 Å². The van der Waals surface area contributed by atoms with Crippen LogP contribution in [0.3, 0.4) is 0 Å². The molecule has 14 rings (SSSR count). The number of allylic oxidation sites excluding steroid dienone is 2. The van der Waals surface area contributed by atoms with Gasteiger partial charge in [0.05, 0.1) is 0 Å². The fourth-order valence-electron chi connectivity index (χ4n) is 11.8. The van der Waals surface area contributed by atoms with Gasteiger partial charge in [-0.25, -0.2) is 13.1 Å². The SMILES string of the molecule is CC1(C)C=C2C=Cc3cc(-c4ccccc4-c4cc(-c5ccccc5-c5ccc(-c6[c-]ccc(-c7ccc(-c8ccccc8)cc7)c6)nc5)cc(-c5ccccc5-c5c[c-]c6c(c5)C=CC5=CC(C)(C)[CH-]N56)c4)c[c-]c3N2[CH-]1.[Ir]. The van der Waals surface area contributed by atoms with Gasteiger partial charge in [0.1, 0.15) is 0 Å². The molecule has 0 unspecified atom stereocenters. The molecule has 0 fully saturated rings. The third kappa shape index (κ3) is 9.46. The molecule has 4 aliphatic rings. The average Bonchev–Trinajstić information content (AvgIpc) is 4.14. The Morgan fingerprint density at radius 3 is 1.27 bits per heavy atom. The second-order valence-corrected chi connectivity index (χ2v) is 22.1. The Labute approximate surface area is 478 Å². The predicted molar refractivity (Wildman–Crippen MR) is 325 cm³/mol. The van der Waals surface area contributed by atoms with Crippen molar-refractivity contribution in [2.45, 2.75) is 27.7 Å². The zero-order valence-corrected chi connectivity index (χ0v) is 46.8. The van der Waals surface area contributed by atoms with E-state index in [4.69, 9.17) is 4.98 Å². The third-order valence-corrected chi connectivity index (χ3v) is 15.5. The standard InChI is InChI=1S/C75H54N3.Ir/c1-74(2)45-63-34-29-57-40-54(32-37-72(57)77(63)48-74)65-19-8-11-22-68(65)60-42-61(69-23-12-9-20-66(69)55-33-38-73-58(41-55)30-35-64-46-75(3,4)49-78(64)73)44-62(43-60)70-24-13-10-21-67(70)59-31-36-71(76-47-59)56-18-14-17-53(39-56)52-27-25-51(26-28-52)50-15-6-5-7-16-50;/h5-17,19-36,39-49H,1-4H3;/q-5;. The van der Waals surface area contributed by atoms with Gasteiger partial charge >= 0.3 is 0 Å². The number of anilines is 2. The number of hydrogen-bond donors (Lipinski definition) is 0. The first-order valence-corrected chi connectivity index (χ1v) is 26.9. The van der Waals surface area contributed by atoms with Crippen molar-refractivity contribution in [3.05, 3.63) is 285 Å². The smallest absolute Gasteiger partial charge is 0.0239 e. The minimum absolute atomic E-state index is 0. The Kier molecular flexibility index (Phi) is 12.6. The van der Waals surface area contributed by atoms with Gasteiger partial charge in [0.15, 0.2) is 0 Å². The van der Waals surface area contributed by atoms with Gasteiger partial charge in [-0.15, -0.1) is 80.6 Å². The quantitative estimate of drug-likeness (QED) is 0.134. The van der Waals surface area contributed by atoms with Crippen molar-refractivity contribution in [2.24, 2.45) is 10.8 Å². The van der Waals surface area contributed by atoms with E-state index in [-0.39, 0.29) is 30.9 Å². The Morgan fingerprint density at radius 2 is 0.797 bits per heavy atom. The van der Waals surface area contributed by atoms with Crippen LogP contribution in [0.25, 0.3) is 112 Å². The summed E-state index contributed by atoms with van der Waals surface area (Å²) in [7, 11) is 0. The molecule has 0 saturated heterocycles. The topological polar surface area (TPSA) is 19.4 Å². The second kappa shape index (κ2) is 20.0. The van der Waals surface area contributed by atoms with Crippen LogP contribution in [-0.4, -0.2) is 4.98 Å². The van der Waals surface area contributed by atoms with Crippen LogP contribution in [0.4, 0.5) is 11.4 Å². The van der Waals surface area contributed by atoms with E-state index in [1.807, 2.05) is 12.3 Å². The zero-order chi connectivity index (χ0) is 52.5. The van der Waals surface area contributed by atoms with Crippen LogP contribution in [0, 0.1) is 42.1 Å². The largest absolute Gasteiger partial charge is 0.514 e. The van der Waals surface area contributed by atoms with Crippen LogP contribution >= 0.6 is 0 Å². The van der Waals surface area contributed by atoms with E-state index in [0.717, 1.165) is 112 Å². The first kappa shape index (κ1) is 49.9. The summed E-state index contributed by atoms with van der Waals surface area (Å²) < 4.78 is 0. The molecule has 1 aromatic heterocycles. The summed E-state index contributed by atoms with van der Waals surface area (Å²) in [5.41, 5.74) is 26.8. The van der Waals surface area contributed by atoms with E-state index in [0.29, 0.717) is 0 Å². The Hall–Kier alpha value is -8.66. The van der Waals surface area contributed by atoms with Crippen molar-refractivity contribution in [3.8, 4) is 100 Å². The normalized spacial score (nSPS) is 15.1. The molecule has 4 aliphatic heterocycles. The Balaban J connectivity index is 0.00000591. The molecule has 3 nitrogen and oxygen atoms in total. The van der Waals surface area contributed by atoms with Crippen molar-refractivity contribution in [1.82, 2.24) is 4.98 Å². The third-order valence-electron chi connectivity index (χ3n) is 15.5. The maximum atomic E-state index is 5.12. The average molecular weight is 1190 g/mol. The number of pyridine rings is 1. The molecular formula is C75H54IrN3-5. The van der Waals surface area contributed by atoms with Crippen LogP contribution < -0.4 is 9.80 Å². The molecular weight excluding hydrogens is 1140 g/mol. The van der Waals surface area contributed by atoms with Crippen LogP contribution in [0.15, 0.2) is 242 Å². The first-order valence-electron chi connectivity index (χ1n) is 26.9. The van der Waals surface area contributed by atoms with E-state index in [2.05, 4.69) is 299 Å². The molecule has 0 aliphatic carbocycles.